The van der Waals surface area contributed by atoms with Gasteiger partial charge in [0.05, 0.1) is 22.8 Å². The first-order valence-electron chi connectivity index (χ1n) is 4.96. The van der Waals surface area contributed by atoms with Crippen molar-refractivity contribution in [3.63, 3.8) is 0 Å². The Hall–Kier alpha value is -2.07. The number of nitrogens with zero attached hydrogens (tertiary/aromatic N) is 2. The molecule has 1 N–H and O–H groups in total. The van der Waals surface area contributed by atoms with Gasteiger partial charge in [0.15, 0.2) is 0 Å². The normalized spacial score (nSPS) is 11.1. The first-order chi connectivity index (χ1) is 8.18. The van der Waals surface area contributed by atoms with Gasteiger partial charge >= 0.3 is 5.97 Å². The molecule has 0 spiro atoms. The minimum absolute atomic E-state index is 0.175. The van der Waals surface area contributed by atoms with E-state index in [2.05, 4.69) is 4.98 Å². The number of halogens is 1. The van der Waals surface area contributed by atoms with Crippen LogP contribution in [0.1, 0.15) is 10.4 Å². The summed E-state index contributed by atoms with van der Waals surface area (Å²) < 4.78 is 1.77. The number of aromatic carboxylic acids is 1. The number of hydrogen-bond donors (Lipinski definition) is 1. The second-order valence-corrected chi connectivity index (χ2v) is 4.04. The van der Waals surface area contributed by atoms with Gasteiger partial charge in [0.25, 0.3) is 0 Å². The first-order valence-corrected chi connectivity index (χ1v) is 5.34. The fraction of sp³-hybridized carbons (Fsp3) is 0. The highest BCUT2D eigenvalue weighted by molar-refractivity contribution is 6.30. The zero-order chi connectivity index (χ0) is 12.0. The number of aromatic nitrogens is 2. The molecule has 4 nitrogen and oxygen atoms in total. The first kappa shape index (κ1) is 10.1. The van der Waals surface area contributed by atoms with Gasteiger partial charge in [-0.15, -0.1) is 0 Å². The molecule has 0 atom stereocenters. The summed E-state index contributed by atoms with van der Waals surface area (Å²) in [4.78, 5) is 15.3. The average Bonchev–Trinajstić information content (AvgIpc) is 2.70. The van der Waals surface area contributed by atoms with Gasteiger partial charge in [0, 0.05) is 0 Å². The summed E-state index contributed by atoms with van der Waals surface area (Å²) in [5.41, 5.74) is 2.14. The maximum Gasteiger partial charge on any atom is 0.337 e. The standard InChI is InChI=1S/C12H7ClN2O2/c13-10-5-4-7-6-14-11-8(12(16)17)2-1-3-9(11)15(7)10/h1-6H,(H,16,17). The molecular formula is C12H7ClN2O2. The lowest BCUT2D eigenvalue weighted by atomic mass is 10.2. The van der Waals surface area contributed by atoms with E-state index in [1.165, 1.54) is 6.07 Å². The number of carboxylic acid groups (broad SMARTS) is 1. The summed E-state index contributed by atoms with van der Waals surface area (Å²) >= 11 is 6.07. The Kier molecular flexibility index (Phi) is 2.06. The molecule has 0 unspecified atom stereocenters. The van der Waals surface area contributed by atoms with Crippen LogP contribution in [0.4, 0.5) is 0 Å². The zero-order valence-electron chi connectivity index (χ0n) is 8.59. The molecule has 0 aliphatic rings. The predicted molar refractivity (Wildman–Crippen MR) is 64.7 cm³/mol. The van der Waals surface area contributed by atoms with Crippen LogP contribution in [0, 0.1) is 0 Å². The van der Waals surface area contributed by atoms with Crippen LogP contribution >= 0.6 is 11.6 Å². The molecule has 2 heterocycles. The lowest BCUT2D eigenvalue weighted by Gasteiger charge is -2.05. The van der Waals surface area contributed by atoms with Gasteiger partial charge in [-0.3, -0.25) is 9.38 Å². The number of carboxylic acids is 1. The molecule has 3 aromatic rings. The highest BCUT2D eigenvalue weighted by atomic mass is 35.5. The molecular weight excluding hydrogens is 240 g/mol. The van der Waals surface area contributed by atoms with Crippen molar-refractivity contribution in [3.8, 4) is 0 Å². The van der Waals surface area contributed by atoms with Gasteiger partial charge in [-0.05, 0) is 24.3 Å². The lowest BCUT2D eigenvalue weighted by molar-refractivity contribution is 0.0699. The number of carbonyl (C=O) groups is 1. The molecule has 0 aliphatic carbocycles. The second-order valence-electron chi connectivity index (χ2n) is 3.65. The number of rotatable bonds is 1. The van der Waals surface area contributed by atoms with Gasteiger partial charge in [-0.25, -0.2) is 4.79 Å². The maximum absolute atomic E-state index is 11.1. The van der Waals surface area contributed by atoms with E-state index in [1.807, 2.05) is 6.07 Å². The summed E-state index contributed by atoms with van der Waals surface area (Å²) in [6, 6.07) is 8.60. The van der Waals surface area contributed by atoms with Crippen LogP contribution in [0.3, 0.4) is 0 Å². The minimum atomic E-state index is -0.995. The Balaban J connectivity index is 2.56. The topological polar surface area (TPSA) is 54.6 Å². The smallest absolute Gasteiger partial charge is 0.337 e. The average molecular weight is 247 g/mol. The molecule has 0 amide bonds. The number of benzene rings is 1. The van der Waals surface area contributed by atoms with Crippen molar-refractivity contribution >= 4 is 34.1 Å². The van der Waals surface area contributed by atoms with Crippen LogP contribution in [0.5, 0.6) is 0 Å². The largest absolute Gasteiger partial charge is 0.478 e. The van der Waals surface area contributed by atoms with E-state index in [4.69, 9.17) is 16.7 Å². The van der Waals surface area contributed by atoms with Crippen LogP contribution in [0.25, 0.3) is 16.6 Å². The third-order valence-electron chi connectivity index (χ3n) is 2.68. The SMILES string of the molecule is O=C(O)c1cccc2c1ncc1ccc(Cl)n12. The minimum Gasteiger partial charge on any atom is -0.478 e. The molecule has 3 rings (SSSR count). The third-order valence-corrected chi connectivity index (χ3v) is 2.97. The van der Waals surface area contributed by atoms with Gasteiger partial charge in [-0.2, -0.15) is 0 Å². The summed E-state index contributed by atoms with van der Waals surface area (Å²) in [5.74, 6) is -0.995. The predicted octanol–water partition coefficient (Wildman–Crippen LogP) is 2.84. The fourth-order valence-corrected chi connectivity index (χ4v) is 2.18. The van der Waals surface area contributed by atoms with Crippen molar-refractivity contribution in [2.75, 3.05) is 0 Å². The fourth-order valence-electron chi connectivity index (χ4n) is 1.93. The monoisotopic (exact) mass is 246 g/mol. The van der Waals surface area contributed by atoms with E-state index in [1.54, 1.807) is 28.8 Å². The highest BCUT2D eigenvalue weighted by Crippen LogP contribution is 2.23. The van der Waals surface area contributed by atoms with E-state index in [0.29, 0.717) is 16.2 Å². The Morgan fingerprint density at radius 1 is 1.29 bits per heavy atom. The van der Waals surface area contributed by atoms with Crippen LogP contribution < -0.4 is 0 Å². The van der Waals surface area contributed by atoms with Crippen molar-refractivity contribution in [1.29, 1.82) is 0 Å². The quantitative estimate of drug-likeness (QED) is 0.718. The van der Waals surface area contributed by atoms with E-state index in [9.17, 15) is 4.79 Å². The third kappa shape index (κ3) is 1.38. The maximum atomic E-state index is 11.1. The zero-order valence-corrected chi connectivity index (χ0v) is 9.35. The van der Waals surface area contributed by atoms with Crippen molar-refractivity contribution in [1.82, 2.24) is 9.38 Å². The Labute approximate surface area is 101 Å². The van der Waals surface area contributed by atoms with Crippen LogP contribution in [0.2, 0.25) is 5.15 Å². The van der Waals surface area contributed by atoms with E-state index in [0.717, 1.165) is 5.52 Å². The van der Waals surface area contributed by atoms with Crippen molar-refractivity contribution in [2.45, 2.75) is 0 Å². The van der Waals surface area contributed by atoms with Crippen LogP contribution in [-0.2, 0) is 0 Å². The van der Waals surface area contributed by atoms with Gasteiger partial charge in [0.1, 0.15) is 10.7 Å². The number of hydrogen-bond acceptors (Lipinski definition) is 2. The van der Waals surface area contributed by atoms with Crippen molar-refractivity contribution < 1.29 is 9.90 Å². The molecule has 1 aromatic carbocycles. The molecule has 0 bridgehead atoms. The second kappa shape index (κ2) is 3.46. The molecule has 84 valence electrons. The summed E-state index contributed by atoms with van der Waals surface area (Å²) in [6.07, 6.45) is 1.61. The van der Waals surface area contributed by atoms with Crippen LogP contribution in [0.15, 0.2) is 36.5 Å². The number of fused-ring (bicyclic) bond motifs is 3. The molecule has 2 aromatic heterocycles. The summed E-state index contributed by atoms with van der Waals surface area (Å²) in [6.45, 7) is 0. The summed E-state index contributed by atoms with van der Waals surface area (Å²) in [5, 5.41) is 9.63. The Bertz CT molecular complexity index is 749. The number of para-hydroxylation sites is 1. The van der Waals surface area contributed by atoms with E-state index < -0.39 is 5.97 Å². The van der Waals surface area contributed by atoms with Gasteiger partial charge < -0.3 is 5.11 Å². The summed E-state index contributed by atoms with van der Waals surface area (Å²) in [7, 11) is 0. The molecule has 5 heteroatoms. The van der Waals surface area contributed by atoms with Crippen molar-refractivity contribution in [2.24, 2.45) is 0 Å². The van der Waals surface area contributed by atoms with Crippen LogP contribution in [-0.4, -0.2) is 20.5 Å². The molecule has 0 saturated carbocycles. The van der Waals surface area contributed by atoms with E-state index >= 15 is 0 Å². The molecule has 0 fully saturated rings. The van der Waals surface area contributed by atoms with Crippen molar-refractivity contribution in [3.05, 3.63) is 47.2 Å². The van der Waals surface area contributed by atoms with Gasteiger partial charge in [0.2, 0.25) is 0 Å². The molecule has 17 heavy (non-hydrogen) atoms. The van der Waals surface area contributed by atoms with E-state index in [-0.39, 0.29) is 5.56 Å². The Morgan fingerprint density at radius 2 is 2.12 bits per heavy atom. The Morgan fingerprint density at radius 3 is 2.88 bits per heavy atom. The molecule has 0 radical (unpaired) electrons. The molecule has 0 aliphatic heterocycles. The lowest BCUT2D eigenvalue weighted by Crippen LogP contribution is -2.01. The highest BCUT2D eigenvalue weighted by Gasteiger charge is 2.12. The molecule has 0 saturated heterocycles. The van der Waals surface area contributed by atoms with Gasteiger partial charge in [-0.1, -0.05) is 17.7 Å².